The second kappa shape index (κ2) is 8.76. The molecule has 0 spiro atoms. The number of benzene rings is 2. The zero-order valence-electron chi connectivity index (χ0n) is 12.9. The van der Waals surface area contributed by atoms with E-state index in [-0.39, 0.29) is 5.57 Å². The fourth-order valence-corrected chi connectivity index (χ4v) is 2.34. The van der Waals surface area contributed by atoms with E-state index in [2.05, 4.69) is 12.1 Å². The molecule has 0 fully saturated rings. The van der Waals surface area contributed by atoms with Crippen LogP contribution < -0.4 is 4.74 Å². The Morgan fingerprint density at radius 2 is 2.00 bits per heavy atom. The number of carboxylic acids is 1. The molecule has 0 atom stereocenters. The minimum atomic E-state index is -1.28. The maximum Gasteiger partial charge on any atom is 0.346 e. The normalized spacial score (nSPS) is 10.9. The van der Waals surface area contributed by atoms with Crippen LogP contribution in [0.1, 0.15) is 17.5 Å². The molecular weight excluding hydrogens is 326 g/mol. The summed E-state index contributed by atoms with van der Waals surface area (Å²) < 4.78 is 5.73. The summed E-state index contributed by atoms with van der Waals surface area (Å²) in [6.45, 7) is 0.478. The summed E-state index contributed by atoms with van der Waals surface area (Å²) in [5.41, 5.74) is 1.34. The molecule has 0 aliphatic carbocycles. The third-order valence-electron chi connectivity index (χ3n) is 3.33. The molecule has 0 bridgehead atoms. The highest BCUT2D eigenvalue weighted by Crippen LogP contribution is 2.25. The van der Waals surface area contributed by atoms with Crippen molar-refractivity contribution in [1.29, 1.82) is 5.26 Å². The van der Waals surface area contributed by atoms with Crippen LogP contribution in [-0.4, -0.2) is 17.7 Å². The lowest BCUT2D eigenvalue weighted by atomic mass is 10.1. The van der Waals surface area contributed by atoms with Gasteiger partial charge in [0, 0.05) is 10.6 Å². The molecule has 5 heteroatoms. The third kappa shape index (κ3) is 5.15. The van der Waals surface area contributed by atoms with Crippen molar-refractivity contribution in [2.75, 3.05) is 6.61 Å². The minimum Gasteiger partial charge on any atom is -0.493 e. The lowest BCUT2D eigenvalue weighted by molar-refractivity contribution is -0.132. The van der Waals surface area contributed by atoms with Crippen molar-refractivity contribution in [3.8, 4) is 11.8 Å². The van der Waals surface area contributed by atoms with Gasteiger partial charge in [-0.25, -0.2) is 4.79 Å². The largest absolute Gasteiger partial charge is 0.493 e. The summed E-state index contributed by atoms with van der Waals surface area (Å²) in [6, 6.07) is 16.6. The molecule has 1 N–H and O–H groups in total. The first-order chi connectivity index (χ1) is 11.6. The molecule has 0 amide bonds. The number of aryl methyl sites for hydroxylation is 1. The Hall–Kier alpha value is -2.77. The molecule has 0 aromatic heterocycles. The van der Waals surface area contributed by atoms with Crippen molar-refractivity contribution < 1.29 is 14.6 Å². The molecule has 122 valence electrons. The lowest BCUT2D eigenvalue weighted by Crippen LogP contribution is -2.02. The van der Waals surface area contributed by atoms with E-state index in [0.717, 1.165) is 12.8 Å². The van der Waals surface area contributed by atoms with Crippen molar-refractivity contribution in [3.63, 3.8) is 0 Å². The van der Waals surface area contributed by atoms with E-state index in [1.165, 1.54) is 11.6 Å². The van der Waals surface area contributed by atoms with Crippen molar-refractivity contribution in [2.45, 2.75) is 12.8 Å². The molecular formula is C19H16ClNO3. The molecule has 0 aliphatic heterocycles. The monoisotopic (exact) mass is 341 g/mol. The first-order valence-corrected chi connectivity index (χ1v) is 7.79. The van der Waals surface area contributed by atoms with Gasteiger partial charge in [0.1, 0.15) is 17.4 Å². The number of carboxylic acid groups (broad SMARTS) is 1. The van der Waals surface area contributed by atoms with E-state index in [1.807, 2.05) is 18.2 Å². The van der Waals surface area contributed by atoms with Crippen LogP contribution in [0, 0.1) is 11.3 Å². The van der Waals surface area contributed by atoms with Crippen LogP contribution in [0.2, 0.25) is 5.02 Å². The van der Waals surface area contributed by atoms with Gasteiger partial charge in [-0.1, -0.05) is 41.9 Å². The summed E-state index contributed by atoms with van der Waals surface area (Å²) >= 11 is 5.95. The van der Waals surface area contributed by atoms with Crippen molar-refractivity contribution in [2.24, 2.45) is 0 Å². The standard InChI is InChI=1S/C19H16ClNO3/c20-17-8-9-18(15(12-17)11-16(13-21)19(22)23)24-10-4-7-14-5-2-1-3-6-14/h1-3,5-6,8-9,11-12H,4,7,10H2,(H,22,23). The quantitative estimate of drug-likeness (QED) is 0.462. The van der Waals surface area contributed by atoms with Gasteiger partial charge in [0.25, 0.3) is 0 Å². The molecule has 2 aromatic carbocycles. The first kappa shape index (κ1) is 17.6. The number of nitrogens with zero attached hydrogens (tertiary/aromatic N) is 1. The Labute approximate surface area is 145 Å². The highest BCUT2D eigenvalue weighted by atomic mass is 35.5. The summed E-state index contributed by atoms with van der Waals surface area (Å²) in [5, 5.41) is 18.3. The predicted molar refractivity (Wildman–Crippen MR) is 92.9 cm³/mol. The van der Waals surface area contributed by atoms with Crippen LogP contribution in [0.5, 0.6) is 5.75 Å². The van der Waals surface area contributed by atoms with Crippen LogP contribution in [0.15, 0.2) is 54.1 Å². The highest BCUT2D eigenvalue weighted by molar-refractivity contribution is 6.30. The van der Waals surface area contributed by atoms with E-state index in [1.54, 1.807) is 24.3 Å². The Balaban J connectivity index is 2.05. The van der Waals surface area contributed by atoms with Gasteiger partial charge in [-0.15, -0.1) is 0 Å². The highest BCUT2D eigenvalue weighted by Gasteiger charge is 2.09. The van der Waals surface area contributed by atoms with Crippen LogP contribution in [-0.2, 0) is 11.2 Å². The van der Waals surface area contributed by atoms with Crippen LogP contribution in [0.25, 0.3) is 6.08 Å². The smallest absolute Gasteiger partial charge is 0.346 e. The fraction of sp³-hybridized carbons (Fsp3) is 0.158. The molecule has 0 unspecified atom stereocenters. The zero-order valence-corrected chi connectivity index (χ0v) is 13.7. The molecule has 0 aliphatic rings. The van der Waals surface area contributed by atoms with Crippen LogP contribution in [0.4, 0.5) is 0 Å². The summed E-state index contributed by atoms with van der Waals surface area (Å²) in [7, 11) is 0. The summed E-state index contributed by atoms with van der Waals surface area (Å²) in [6.07, 6.45) is 2.97. The Morgan fingerprint density at radius 1 is 1.25 bits per heavy atom. The maximum atomic E-state index is 11.0. The van der Waals surface area contributed by atoms with Gasteiger partial charge >= 0.3 is 5.97 Å². The number of hydrogen-bond acceptors (Lipinski definition) is 3. The average molecular weight is 342 g/mol. The second-order valence-corrected chi connectivity index (χ2v) is 5.53. The van der Waals surface area contributed by atoms with Gasteiger partial charge < -0.3 is 9.84 Å². The molecule has 2 rings (SSSR count). The van der Waals surface area contributed by atoms with Gasteiger partial charge in [0.05, 0.1) is 6.61 Å². The molecule has 2 aromatic rings. The van der Waals surface area contributed by atoms with Gasteiger partial charge in [-0.05, 0) is 42.7 Å². The molecule has 0 saturated carbocycles. The number of nitriles is 1. The molecule has 0 heterocycles. The van der Waals surface area contributed by atoms with Crippen molar-refractivity contribution in [1.82, 2.24) is 0 Å². The topological polar surface area (TPSA) is 70.3 Å². The Bertz CT molecular complexity index is 779. The van der Waals surface area contributed by atoms with E-state index < -0.39 is 5.97 Å². The minimum absolute atomic E-state index is 0.369. The number of hydrogen-bond donors (Lipinski definition) is 1. The summed E-state index contributed by atoms with van der Waals surface area (Å²) in [4.78, 5) is 11.0. The van der Waals surface area contributed by atoms with Gasteiger partial charge in [0.15, 0.2) is 0 Å². The van der Waals surface area contributed by atoms with Crippen molar-refractivity contribution >= 4 is 23.6 Å². The Morgan fingerprint density at radius 3 is 2.67 bits per heavy atom. The Kier molecular flexibility index (Phi) is 6.41. The van der Waals surface area contributed by atoms with E-state index in [4.69, 9.17) is 26.7 Å². The summed E-state index contributed by atoms with van der Waals surface area (Å²) in [5.74, 6) is -0.783. The average Bonchev–Trinajstić information content (AvgIpc) is 2.58. The van der Waals surface area contributed by atoms with Gasteiger partial charge in [-0.3, -0.25) is 0 Å². The number of carbonyl (C=O) groups is 1. The molecule has 0 radical (unpaired) electrons. The third-order valence-corrected chi connectivity index (χ3v) is 3.57. The second-order valence-electron chi connectivity index (χ2n) is 5.09. The van der Waals surface area contributed by atoms with E-state index >= 15 is 0 Å². The first-order valence-electron chi connectivity index (χ1n) is 7.41. The van der Waals surface area contributed by atoms with Crippen LogP contribution >= 0.6 is 11.6 Å². The number of rotatable bonds is 7. The maximum absolute atomic E-state index is 11.0. The fourth-order valence-electron chi connectivity index (χ4n) is 2.16. The van der Waals surface area contributed by atoms with Crippen LogP contribution in [0.3, 0.4) is 0 Å². The molecule has 4 nitrogen and oxygen atoms in total. The van der Waals surface area contributed by atoms with E-state index in [9.17, 15) is 4.79 Å². The van der Waals surface area contributed by atoms with Gasteiger partial charge in [-0.2, -0.15) is 5.26 Å². The van der Waals surface area contributed by atoms with Gasteiger partial charge in [0.2, 0.25) is 0 Å². The predicted octanol–water partition coefficient (Wildman–Crippen LogP) is 4.34. The molecule has 0 saturated heterocycles. The zero-order chi connectivity index (χ0) is 17.4. The molecule has 24 heavy (non-hydrogen) atoms. The number of halogens is 1. The number of aliphatic carboxylic acids is 1. The number of ether oxygens (including phenoxy) is 1. The van der Waals surface area contributed by atoms with Crippen molar-refractivity contribution in [3.05, 3.63) is 70.3 Å². The SMILES string of the molecule is N#CC(=Cc1cc(Cl)ccc1OCCCc1ccccc1)C(=O)O. The lowest BCUT2D eigenvalue weighted by Gasteiger charge is -2.10. The van der Waals surface area contributed by atoms with E-state index in [0.29, 0.717) is 22.9 Å².